The highest BCUT2D eigenvalue weighted by Gasteiger charge is 2.33. The van der Waals surface area contributed by atoms with Crippen LogP contribution in [0, 0.1) is 0 Å². The number of carbonyl (C=O) groups is 1. The number of benzene rings is 1. The van der Waals surface area contributed by atoms with Gasteiger partial charge in [-0.3, -0.25) is 0 Å². The molecule has 1 aliphatic carbocycles. The highest BCUT2D eigenvalue weighted by Crippen LogP contribution is 2.28. The molecular formula is C17H18O5S. The average molecular weight is 334 g/mol. The molecule has 0 amide bonds. The molecule has 1 aromatic carbocycles. The Labute approximate surface area is 135 Å². The fourth-order valence-corrected chi connectivity index (χ4v) is 4.00. The maximum Gasteiger partial charge on any atom is 0.338 e. The summed E-state index contributed by atoms with van der Waals surface area (Å²) in [4.78, 5) is 12.3. The van der Waals surface area contributed by atoms with Gasteiger partial charge in [-0.15, -0.1) is 0 Å². The van der Waals surface area contributed by atoms with Gasteiger partial charge in [-0.25, -0.2) is 13.2 Å². The zero-order valence-electron chi connectivity index (χ0n) is 12.8. The van der Waals surface area contributed by atoms with Crippen LogP contribution < -0.4 is 0 Å². The lowest BCUT2D eigenvalue weighted by atomic mass is 10.1. The third kappa shape index (κ3) is 3.64. The van der Waals surface area contributed by atoms with Gasteiger partial charge in [0.25, 0.3) is 0 Å². The fraction of sp³-hybridized carbons (Fsp3) is 0.353. The second kappa shape index (κ2) is 6.20. The molecule has 2 aromatic rings. The van der Waals surface area contributed by atoms with Gasteiger partial charge in [-0.1, -0.05) is 12.1 Å². The van der Waals surface area contributed by atoms with Crippen LogP contribution >= 0.6 is 0 Å². The first-order valence-corrected chi connectivity index (χ1v) is 9.41. The highest BCUT2D eigenvalue weighted by molar-refractivity contribution is 7.91. The van der Waals surface area contributed by atoms with Gasteiger partial charge < -0.3 is 9.15 Å². The number of hydrogen-bond donors (Lipinski definition) is 0. The summed E-state index contributed by atoms with van der Waals surface area (Å²) in [5.74, 6) is -0.422. The Morgan fingerprint density at radius 1 is 1.22 bits per heavy atom. The third-order valence-corrected chi connectivity index (χ3v) is 5.81. The van der Waals surface area contributed by atoms with Crippen molar-refractivity contribution in [3.05, 3.63) is 48.4 Å². The van der Waals surface area contributed by atoms with Gasteiger partial charge in [0.1, 0.15) is 15.9 Å². The molecular weight excluding hydrogens is 316 g/mol. The summed E-state index contributed by atoms with van der Waals surface area (Å²) >= 11 is 0. The minimum atomic E-state index is -3.07. The number of sulfone groups is 1. The minimum Gasteiger partial charge on any atom is -0.472 e. The Balaban J connectivity index is 1.69. The largest absolute Gasteiger partial charge is 0.472 e. The standard InChI is InChI=1S/C17H18O5S/c1-23(19,20)16-6-5-15(10-16)22-17(18)13-4-2-3-12(9-13)14-7-8-21-11-14/h2-4,7-9,11,15-16H,5-6,10H2,1H3/t15-,16+/m0/s1. The van der Waals surface area contributed by atoms with Crippen LogP contribution in [0.15, 0.2) is 47.3 Å². The van der Waals surface area contributed by atoms with E-state index in [-0.39, 0.29) is 6.10 Å². The lowest BCUT2D eigenvalue weighted by Gasteiger charge is -2.12. The summed E-state index contributed by atoms with van der Waals surface area (Å²) < 4.78 is 33.6. The summed E-state index contributed by atoms with van der Waals surface area (Å²) in [6.45, 7) is 0. The summed E-state index contributed by atoms with van der Waals surface area (Å²) in [7, 11) is -3.07. The summed E-state index contributed by atoms with van der Waals surface area (Å²) in [5.41, 5.74) is 2.21. The second-order valence-corrected chi connectivity index (χ2v) is 8.21. The Morgan fingerprint density at radius 2 is 2.04 bits per heavy atom. The van der Waals surface area contributed by atoms with Crippen molar-refractivity contribution in [1.82, 2.24) is 0 Å². The minimum absolute atomic E-state index is 0.334. The van der Waals surface area contributed by atoms with Gasteiger partial charge in [-0.05, 0) is 36.6 Å². The van der Waals surface area contributed by atoms with Crippen molar-refractivity contribution < 1.29 is 22.4 Å². The Hall–Kier alpha value is -2.08. The van der Waals surface area contributed by atoms with Crippen LogP contribution in [0.2, 0.25) is 0 Å². The Bertz CT molecular complexity index is 792. The number of rotatable bonds is 4. The smallest absolute Gasteiger partial charge is 0.338 e. The second-order valence-electron chi connectivity index (χ2n) is 5.88. The molecule has 1 saturated carbocycles. The maximum absolute atomic E-state index is 12.3. The van der Waals surface area contributed by atoms with E-state index in [2.05, 4.69) is 0 Å². The van der Waals surface area contributed by atoms with Gasteiger partial charge in [0.15, 0.2) is 0 Å². The number of furan rings is 1. The zero-order valence-corrected chi connectivity index (χ0v) is 13.6. The van der Waals surface area contributed by atoms with Crippen molar-refractivity contribution in [2.75, 3.05) is 6.26 Å². The molecule has 0 aliphatic heterocycles. The quantitative estimate of drug-likeness (QED) is 0.803. The van der Waals surface area contributed by atoms with E-state index in [9.17, 15) is 13.2 Å². The van der Waals surface area contributed by atoms with Crippen molar-refractivity contribution in [1.29, 1.82) is 0 Å². The summed E-state index contributed by atoms with van der Waals surface area (Å²) in [5, 5.41) is -0.405. The summed E-state index contributed by atoms with van der Waals surface area (Å²) in [6, 6.07) is 8.92. The van der Waals surface area contributed by atoms with Gasteiger partial charge >= 0.3 is 5.97 Å². The number of hydrogen-bond acceptors (Lipinski definition) is 5. The van der Waals surface area contributed by atoms with E-state index >= 15 is 0 Å². The molecule has 122 valence electrons. The first-order chi connectivity index (χ1) is 10.9. The highest BCUT2D eigenvalue weighted by atomic mass is 32.2. The van der Waals surface area contributed by atoms with Crippen LogP contribution in [0.5, 0.6) is 0 Å². The van der Waals surface area contributed by atoms with Crippen molar-refractivity contribution in [2.45, 2.75) is 30.6 Å². The molecule has 3 rings (SSSR count). The number of ether oxygens (including phenoxy) is 1. The lowest BCUT2D eigenvalue weighted by molar-refractivity contribution is 0.0318. The van der Waals surface area contributed by atoms with E-state index < -0.39 is 21.1 Å². The normalized spacial score (nSPS) is 21.3. The molecule has 1 aliphatic rings. The predicted octanol–water partition coefficient (Wildman–Crippen LogP) is 3.07. The van der Waals surface area contributed by atoms with Gasteiger partial charge in [0.2, 0.25) is 0 Å². The molecule has 23 heavy (non-hydrogen) atoms. The molecule has 1 heterocycles. The maximum atomic E-state index is 12.3. The van der Waals surface area contributed by atoms with Gasteiger partial charge in [0.05, 0.1) is 23.3 Å². The van der Waals surface area contributed by atoms with Crippen molar-refractivity contribution in [3.8, 4) is 11.1 Å². The van der Waals surface area contributed by atoms with E-state index in [0.29, 0.717) is 24.8 Å². The van der Waals surface area contributed by atoms with Gasteiger partial charge in [0, 0.05) is 18.2 Å². The van der Waals surface area contributed by atoms with Crippen LogP contribution in [0.3, 0.4) is 0 Å². The molecule has 1 fully saturated rings. The average Bonchev–Trinajstić information content (AvgIpc) is 3.18. The molecule has 0 unspecified atom stereocenters. The molecule has 0 radical (unpaired) electrons. The van der Waals surface area contributed by atoms with Crippen LogP contribution in [-0.2, 0) is 14.6 Å². The third-order valence-electron chi connectivity index (χ3n) is 4.17. The van der Waals surface area contributed by atoms with Crippen LogP contribution in [0.1, 0.15) is 29.6 Å². The Morgan fingerprint density at radius 3 is 2.70 bits per heavy atom. The van der Waals surface area contributed by atoms with E-state index in [0.717, 1.165) is 11.1 Å². The molecule has 5 nitrogen and oxygen atoms in total. The van der Waals surface area contributed by atoms with Crippen molar-refractivity contribution in [2.24, 2.45) is 0 Å². The van der Waals surface area contributed by atoms with E-state index in [1.807, 2.05) is 12.1 Å². The topological polar surface area (TPSA) is 73.6 Å². The summed E-state index contributed by atoms with van der Waals surface area (Å²) in [6.07, 6.45) is 5.60. The Kier molecular flexibility index (Phi) is 4.26. The molecule has 0 bridgehead atoms. The molecule has 0 spiro atoms. The molecule has 6 heteroatoms. The number of carbonyl (C=O) groups excluding carboxylic acids is 1. The molecule has 0 saturated heterocycles. The fourth-order valence-electron chi connectivity index (χ4n) is 2.87. The lowest BCUT2D eigenvalue weighted by Crippen LogP contribution is -2.20. The molecule has 1 aromatic heterocycles. The predicted molar refractivity (Wildman–Crippen MR) is 85.8 cm³/mol. The van der Waals surface area contributed by atoms with E-state index in [1.54, 1.807) is 30.7 Å². The first-order valence-electron chi connectivity index (χ1n) is 7.46. The van der Waals surface area contributed by atoms with Crippen LogP contribution in [0.25, 0.3) is 11.1 Å². The van der Waals surface area contributed by atoms with E-state index in [1.165, 1.54) is 6.26 Å². The van der Waals surface area contributed by atoms with Crippen molar-refractivity contribution >= 4 is 15.8 Å². The van der Waals surface area contributed by atoms with Crippen LogP contribution in [-0.4, -0.2) is 32.0 Å². The zero-order chi connectivity index (χ0) is 16.4. The van der Waals surface area contributed by atoms with Gasteiger partial charge in [-0.2, -0.15) is 0 Å². The monoisotopic (exact) mass is 334 g/mol. The number of esters is 1. The molecule has 2 atom stereocenters. The van der Waals surface area contributed by atoms with Crippen molar-refractivity contribution in [3.63, 3.8) is 0 Å². The SMILES string of the molecule is CS(=O)(=O)[C@@H]1CC[C@H](OC(=O)c2cccc(-c3ccoc3)c2)C1. The van der Waals surface area contributed by atoms with Crippen LogP contribution in [0.4, 0.5) is 0 Å². The van der Waals surface area contributed by atoms with E-state index in [4.69, 9.17) is 9.15 Å². The first kappa shape index (κ1) is 15.8. The molecule has 0 N–H and O–H groups in total.